The predicted molar refractivity (Wildman–Crippen MR) is 128 cm³/mol. The SMILES string of the molecule is O=C(COc1ccc2c(-c3ccccc3)cc(=O)oc2c1)NCC1CCCN2CCCCC12. The van der Waals surface area contributed by atoms with E-state index in [0.29, 0.717) is 29.8 Å². The summed E-state index contributed by atoms with van der Waals surface area (Å²) in [6, 6.07) is 17.2. The van der Waals surface area contributed by atoms with E-state index >= 15 is 0 Å². The summed E-state index contributed by atoms with van der Waals surface area (Å²) in [7, 11) is 0. The summed E-state index contributed by atoms with van der Waals surface area (Å²) in [6.07, 6.45) is 6.21. The number of nitrogens with zero attached hydrogens (tertiary/aromatic N) is 1. The van der Waals surface area contributed by atoms with E-state index < -0.39 is 5.63 Å². The fraction of sp³-hybridized carbons (Fsp3) is 0.407. The number of fused-ring (bicyclic) bond motifs is 2. The summed E-state index contributed by atoms with van der Waals surface area (Å²) in [4.78, 5) is 27.2. The Morgan fingerprint density at radius 2 is 1.88 bits per heavy atom. The lowest BCUT2D eigenvalue weighted by atomic mass is 9.83. The van der Waals surface area contributed by atoms with Crippen LogP contribution in [0.4, 0.5) is 0 Å². The lowest BCUT2D eigenvalue weighted by molar-refractivity contribution is -0.123. The molecule has 2 aromatic carbocycles. The van der Waals surface area contributed by atoms with Gasteiger partial charge in [-0.25, -0.2) is 4.79 Å². The van der Waals surface area contributed by atoms with Crippen LogP contribution in [0.25, 0.3) is 22.1 Å². The van der Waals surface area contributed by atoms with Gasteiger partial charge in [-0.1, -0.05) is 36.8 Å². The van der Waals surface area contributed by atoms with Crippen LogP contribution in [0.2, 0.25) is 0 Å². The summed E-state index contributed by atoms with van der Waals surface area (Å²) < 4.78 is 11.1. The molecule has 0 aliphatic carbocycles. The highest BCUT2D eigenvalue weighted by Crippen LogP contribution is 2.31. The molecule has 172 valence electrons. The molecule has 2 fully saturated rings. The van der Waals surface area contributed by atoms with Gasteiger partial charge in [0.05, 0.1) is 0 Å². The van der Waals surface area contributed by atoms with Gasteiger partial charge in [0.25, 0.3) is 5.91 Å². The van der Waals surface area contributed by atoms with E-state index in [1.165, 1.54) is 51.3 Å². The molecule has 33 heavy (non-hydrogen) atoms. The first kappa shape index (κ1) is 21.7. The van der Waals surface area contributed by atoms with Gasteiger partial charge in [-0.15, -0.1) is 0 Å². The first-order chi connectivity index (χ1) is 16.2. The molecule has 0 bridgehead atoms. The molecular formula is C27H30N2O4. The molecule has 2 aliphatic heterocycles. The van der Waals surface area contributed by atoms with Gasteiger partial charge in [0.2, 0.25) is 0 Å². The standard InChI is InChI=1S/C27H30N2O4/c30-26(28-17-20-9-6-14-29-13-5-4-10-24(20)29)18-32-21-11-12-22-23(19-7-2-1-3-8-19)16-27(31)33-25(22)15-21/h1-3,7-8,11-12,15-16,20,24H,4-6,9-10,13-14,17-18H2,(H,28,30). The number of ether oxygens (including phenoxy) is 1. The van der Waals surface area contributed by atoms with Crippen molar-refractivity contribution in [2.75, 3.05) is 26.2 Å². The molecule has 0 saturated carbocycles. The fourth-order valence-electron chi connectivity index (χ4n) is 5.35. The Hall–Kier alpha value is -3.12. The molecular weight excluding hydrogens is 416 g/mol. The summed E-state index contributed by atoms with van der Waals surface area (Å²) in [5.74, 6) is 0.902. The summed E-state index contributed by atoms with van der Waals surface area (Å²) in [5.41, 5.74) is 1.79. The van der Waals surface area contributed by atoms with Crippen LogP contribution in [-0.2, 0) is 4.79 Å². The number of nitrogens with one attached hydrogen (secondary N) is 1. The number of hydrogen-bond acceptors (Lipinski definition) is 5. The first-order valence-electron chi connectivity index (χ1n) is 11.9. The second kappa shape index (κ2) is 9.79. The number of piperidine rings is 2. The summed E-state index contributed by atoms with van der Waals surface area (Å²) in [6.45, 7) is 3.04. The van der Waals surface area contributed by atoms with Gasteiger partial charge in [0, 0.05) is 30.1 Å². The van der Waals surface area contributed by atoms with Crippen molar-refractivity contribution in [3.05, 3.63) is 65.0 Å². The van der Waals surface area contributed by atoms with E-state index in [-0.39, 0.29) is 12.5 Å². The largest absolute Gasteiger partial charge is 0.484 e. The van der Waals surface area contributed by atoms with Gasteiger partial charge in [0.15, 0.2) is 6.61 Å². The third-order valence-electron chi connectivity index (χ3n) is 6.96. The fourth-order valence-corrected chi connectivity index (χ4v) is 5.35. The van der Waals surface area contributed by atoms with Crippen LogP contribution < -0.4 is 15.7 Å². The third kappa shape index (κ3) is 4.96. The van der Waals surface area contributed by atoms with Crippen molar-refractivity contribution in [1.29, 1.82) is 0 Å². The number of rotatable bonds is 6. The third-order valence-corrected chi connectivity index (χ3v) is 6.96. The van der Waals surface area contributed by atoms with Crippen molar-refractivity contribution in [3.63, 3.8) is 0 Å². The van der Waals surface area contributed by atoms with E-state index in [1.807, 2.05) is 42.5 Å². The molecule has 2 saturated heterocycles. The van der Waals surface area contributed by atoms with Crippen LogP contribution in [0, 0.1) is 5.92 Å². The molecule has 2 unspecified atom stereocenters. The molecule has 0 radical (unpaired) electrons. The van der Waals surface area contributed by atoms with Gasteiger partial charge in [-0.05, 0) is 68.0 Å². The van der Waals surface area contributed by atoms with Crippen LogP contribution in [0.5, 0.6) is 5.75 Å². The van der Waals surface area contributed by atoms with Gasteiger partial charge >= 0.3 is 5.63 Å². The zero-order chi connectivity index (χ0) is 22.6. The molecule has 2 aliphatic rings. The van der Waals surface area contributed by atoms with Crippen molar-refractivity contribution in [2.45, 2.75) is 38.1 Å². The predicted octanol–water partition coefficient (Wildman–Crippen LogP) is 4.22. The topological polar surface area (TPSA) is 71.8 Å². The van der Waals surface area contributed by atoms with E-state index in [9.17, 15) is 9.59 Å². The maximum Gasteiger partial charge on any atom is 0.336 e. The molecule has 5 rings (SSSR count). The minimum Gasteiger partial charge on any atom is -0.484 e. The average Bonchev–Trinajstić information content (AvgIpc) is 2.86. The monoisotopic (exact) mass is 446 g/mol. The van der Waals surface area contributed by atoms with E-state index in [2.05, 4.69) is 10.2 Å². The Bertz CT molecular complexity index is 1170. The first-order valence-corrected chi connectivity index (χ1v) is 11.9. The van der Waals surface area contributed by atoms with Crippen LogP contribution >= 0.6 is 0 Å². The highest BCUT2D eigenvalue weighted by Gasteiger charge is 2.32. The number of amides is 1. The lowest BCUT2D eigenvalue weighted by Crippen LogP contribution is -2.51. The van der Waals surface area contributed by atoms with Crippen LogP contribution in [0.1, 0.15) is 32.1 Å². The van der Waals surface area contributed by atoms with E-state index in [0.717, 1.165) is 16.5 Å². The Morgan fingerprint density at radius 1 is 1.03 bits per heavy atom. The van der Waals surface area contributed by atoms with Gasteiger partial charge in [-0.3, -0.25) is 4.79 Å². The molecule has 0 spiro atoms. The minimum atomic E-state index is -0.416. The second-order valence-electron chi connectivity index (χ2n) is 9.10. The lowest BCUT2D eigenvalue weighted by Gasteiger charge is -2.44. The van der Waals surface area contributed by atoms with Gasteiger partial charge < -0.3 is 19.4 Å². The number of carbonyl (C=O) groups is 1. The molecule has 1 amide bonds. The van der Waals surface area contributed by atoms with Crippen LogP contribution in [0.15, 0.2) is 63.8 Å². The smallest absolute Gasteiger partial charge is 0.336 e. The van der Waals surface area contributed by atoms with Crippen molar-refractivity contribution in [1.82, 2.24) is 10.2 Å². The maximum absolute atomic E-state index is 12.5. The van der Waals surface area contributed by atoms with Crippen molar-refractivity contribution >= 4 is 16.9 Å². The highest BCUT2D eigenvalue weighted by molar-refractivity contribution is 5.93. The quantitative estimate of drug-likeness (QED) is 0.574. The Balaban J connectivity index is 1.22. The molecule has 3 heterocycles. The van der Waals surface area contributed by atoms with E-state index in [4.69, 9.17) is 9.15 Å². The van der Waals surface area contributed by atoms with E-state index in [1.54, 1.807) is 6.07 Å². The molecule has 1 aromatic heterocycles. The molecule has 1 N–H and O–H groups in total. The van der Waals surface area contributed by atoms with Gasteiger partial charge in [0.1, 0.15) is 11.3 Å². The molecule has 6 nitrogen and oxygen atoms in total. The van der Waals surface area contributed by atoms with Crippen molar-refractivity contribution in [3.8, 4) is 16.9 Å². The Labute approximate surface area is 193 Å². The van der Waals surface area contributed by atoms with Gasteiger partial charge in [-0.2, -0.15) is 0 Å². The van der Waals surface area contributed by atoms with Crippen LogP contribution in [0.3, 0.4) is 0 Å². The van der Waals surface area contributed by atoms with Crippen molar-refractivity contribution in [2.24, 2.45) is 5.92 Å². The number of carbonyl (C=O) groups excluding carboxylic acids is 1. The summed E-state index contributed by atoms with van der Waals surface area (Å²) in [5, 5.41) is 3.89. The maximum atomic E-state index is 12.5. The minimum absolute atomic E-state index is 0.0603. The number of hydrogen-bond donors (Lipinski definition) is 1. The Morgan fingerprint density at radius 3 is 2.76 bits per heavy atom. The summed E-state index contributed by atoms with van der Waals surface area (Å²) >= 11 is 0. The zero-order valence-corrected chi connectivity index (χ0v) is 18.8. The molecule has 3 aromatic rings. The highest BCUT2D eigenvalue weighted by atomic mass is 16.5. The zero-order valence-electron chi connectivity index (χ0n) is 18.8. The van der Waals surface area contributed by atoms with Crippen molar-refractivity contribution < 1.29 is 13.9 Å². The second-order valence-corrected chi connectivity index (χ2v) is 9.10. The normalized spacial score (nSPS) is 20.8. The molecule has 2 atom stereocenters. The Kier molecular flexibility index (Phi) is 6.44. The average molecular weight is 447 g/mol. The number of benzene rings is 2. The van der Waals surface area contributed by atoms with Crippen LogP contribution in [-0.4, -0.2) is 43.1 Å². The molecule has 6 heteroatoms.